The van der Waals surface area contributed by atoms with Gasteiger partial charge in [0.25, 0.3) is 0 Å². The highest BCUT2D eigenvalue weighted by Crippen LogP contribution is 2.18. The molecule has 1 aliphatic rings. The quantitative estimate of drug-likeness (QED) is 0.718. The van der Waals surface area contributed by atoms with Crippen molar-refractivity contribution in [1.29, 1.82) is 0 Å². The van der Waals surface area contributed by atoms with Gasteiger partial charge in [-0.05, 0) is 32.6 Å². The van der Waals surface area contributed by atoms with Crippen LogP contribution >= 0.6 is 0 Å². The molecule has 4 heteroatoms. The third kappa shape index (κ3) is 3.80. The standard InChI is InChI=1S/C11H21NO3/c1-9(14)5-6-11(15)12-7-3-2-4-10(12)8-13/h9-10,13-14H,2-8H2,1H3. The maximum Gasteiger partial charge on any atom is 0.222 e. The Morgan fingerprint density at radius 1 is 1.53 bits per heavy atom. The van der Waals surface area contributed by atoms with Crippen LogP contribution in [0.2, 0.25) is 0 Å². The second-order valence-electron chi connectivity index (χ2n) is 4.31. The van der Waals surface area contributed by atoms with Crippen molar-refractivity contribution in [3.63, 3.8) is 0 Å². The number of likely N-dealkylation sites (tertiary alicyclic amines) is 1. The summed E-state index contributed by atoms with van der Waals surface area (Å²) in [5, 5.41) is 18.2. The number of nitrogens with zero attached hydrogens (tertiary/aromatic N) is 1. The first-order chi connectivity index (χ1) is 7.15. The van der Waals surface area contributed by atoms with E-state index in [9.17, 15) is 4.79 Å². The van der Waals surface area contributed by atoms with Crippen molar-refractivity contribution >= 4 is 5.91 Å². The van der Waals surface area contributed by atoms with Crippen LogP contribution in [0.4, 0.5) is 0 Å². The van der Waals surface area contributed by atoms with E-state index in [1.165, 1.54) is 0 Å². The minimum Gasteiger partial charge on any atom is -0.394 e. The van der Waals surface area contributed by atoms with E-state index in [2.05, 4.69) is 0 Å². The van der Waals surface area contributed by atoms with E-state index < -0.39 is 6.10 Å². The minimum atomic E-state index is -0.425. The molecule has 0 aliphatic carbocycles. The fraction of sp³-hybridized carbons (Fsp3) is 0.909. The molecule has 2 unspecified atom stereocenters. The first kappa shape index (κ1) is 12.5. The average molecular weight is 215 g/mol. The summed E-state index contributed by atoms with van der Waals surface area (Å²) in [6.45, 7) is 2.50. The summed E-state index contributed by atoms with van der Waals surface area (Å²) >= 11 is 0. The molecule has 0 aromatic heterocycles. The topological polar surface area (TPSA) is 60.8 Å². The molecule has 1 heterocycles. The first-order valence-electron chi connectivity index (χ1n) is 5.73. The number of carbonyl (C=O) groups excluding carboxylic acids is 1. The van der Waals surface area contributed by atoms with Crippen LogP contribution in [-0.2, 0) is 4.79 Å². The number of amides is 1. The number of carbonyl (C=O) groups is 1. The fourth-order valence-corrected chi connectivity index (χ4v) is 1.99. The lowest BCUT2D eigenvalue weighted by atomic mass is 10.0. The maximum atomic E-state index is 11.8. The van der Waals surface area contributed by atoms with Gasteiger partial charge < -0.3 is 15.1 Å². The Balaban J connectivity index is 2.41. The van der Waals surface area contributed by atoms with Crippen molar-refractivity contribution in [3.05, 3.63) is 0 Å². The van der Waals surface area contributed by atoms with E-state index in [0.29, 0.717) is 12.8 Å². The molecule has 0 aromatic rings. The van der Waals surface area contributed by atoms with Crippen molar-refractivity contribution in [1.82, 2.24) is 4.90 Å². The molecule has 88 valence electrons. The molecule has 1 aliphatic heterocycles. The van der Waals surface area contributed by atoms with Crippen LogP contribution in [0.25, 0.3) is 0 Å². The van der Waals surface area contributed by atoms with Crippen LogP contribution in [0.1, 0.15) is 39.0 Å². The van der Waals surface area contributed by atoms with Gasteiger partial charge >= 0.3 is 0 Å². The highest BCUT2D eigenvalue weighted by Gasteiger charge is 2.25. The molecule has 0 radical (unpaired) electrons. The molecule has 15 heavy (non-hydrogen) atoms. The molecule has 1 saturated heterocycles. The Hall–Kier alpha value is -0.610. The Labute approximate surface area is 90.9 Å². The number of rotatable bonds is 4. The molecule has 0 saturated carbocycles. The van der Waals surface area contributed by atoms with Gasteiger partial charge in [-0.1, -0.05) is 0 Å². The average Bonchev–Trinajstić information content (AvgIpc) is 2.25. The molecular weight excluding hydrogens is 194 g/mol. The van der Waals surface area contributed by atoms with Crippen molar-refractivity contribution < 1.29 is 15.0 Å². The molecule has 1 fully saturated rings. The summed E-state index contributed by atoms with van der Waals surface area (Å²) in [5.74, 6) is 0.0645. The highest BCUT2D eigenvalue weighted by molar-refractivity contribution is 5.76. The number of aliphatic hydroxyl groups excluding tert-OH is 2. The molecule has 1 rings (SSSR count). The lowest BCUT2D eigenvalue weighted by Crippen LogP contribution is -2.45. The normalized spacial score (nSPS) is 23.9. The maximum absolute atomic E-state index is 11.8. The number of hydrogen-bond acceptors (Lipinski definition) is 3. The van der Waals surface area contributed by atoms with E-state index in [1.54, 1.807) is 11.8 Å². The zero-order chi connectivity index (χ0) is 11.3. The summed E-state index contributed by atoms with van der Waals surface area (Å²) in [5.41, 5.74) is 0. The Kier molecular flexibility index (Phi) is 5.05. The van der Waals surface area contributed by atoms with Gasteiger partial charge in [-0.25, -0.2) is 0 Å². The van der Waals surface area contributed by atoms with Crippen LogP contribution in [0.3, 0.4) is 0 Å². The van der Waals surface area contributed by atoms with Crippen LogP contribution < -0.4 is 0 Å². The Morgan fingerprint density at radius 2 is 2.27 bits per heavy atom. The summed E-state index contributed by atoms with van der Waals surface area (Å²) in [7, 11) is 0. The van der Waals surface area contributed by atoms with Crippen molar-refractivity contribution in [2.45, 2.75) is 51.2 Å². The van der Waals surface area contributed by atoms with Gasteiger partial charge in [0.1, 0.15) is 0 Å². The smallest absolute Gasteiger partial charge is 0.222 e. The third-order valence-electron chi connectivity index (χ3n) is 2.93. The predicted molar refractivity (Wildman–Crippen MR) is 57.4 cm³/mol. The first-order valence-corrected chi connectivity index (χ1v) is 5.73. The van der Waals surface area contributed by atoms with E-state index in [-0.39, 0.29) is 18.6 Å². The van der Waals surface area contributed by atoms with Crippen LogP contribution in [0.5, 0.6) is 0 Å². The zero-order valence-corrected chi connectivity index (χ0v) is 9.35. The summed E-state index contributed by atoms with van der Waals surface area (Å²) < 4.78 is 0. The van der Waals surface area contributed by atoms with Crippen molar-refractivity contribution in [2.24, 2.45) is 0 Å². The van der Waals surface area contributed by atoms with E-state index in [0.717, 1.165) is 25.8 Å². The molecule has 0 bridgehead atoms. The predicted octanol–water partition coefficient (Wildman–Crippen LogP) is 0.521. The van der Waals surface area contributed by atoms with Crippen LogP contribution in [0, 0.1) is 0 Å². The second kappa shape index (κ2) is 6.08. The SMILES string of the molecule is CC(O)CCC(=O)N1CCCCC1CO. The highest BCUT2D eigenvalue weighted by atomic mass is 16.3. The van der Waals surface area contributed by atoms with E-state index >= 15 is 0 Å². The van der Waals surface area contributed by atoms with Gasteiger partial charge in [0.2, 0.25) is 5.91 Å². The minimum absolute atomic E-state index is 0.000231. The molecule has 0 spiro atoms. The van der Waals surface area contributed by atoms with E-state index in [4.69, 9.17) is 10.2 Å². The monoisotopic (exact) mass is 215 g/mol. The van der Waals surface area contributed by atoms with Gasteiger partial charge in [0.15, 0.2) is 0 Å². The second-order valence-corrected chi connectivity index (χ2v) is 4.31. The van der Waals surface area contributed by atoms with Crippen LogP contribution in [0.15, 0.2) is 0 Å². The Morgan fingerprint density at radius 3 is 2.87 bits per heavy atom. The Bertz CT molecular complexity index is 206. The summed E-state index contributed by atoms with van der Waals surface area (Å²) in [6, 6.07) is 0.000231. The molecule has 4 nitrogen and oxygen atoms in total. The number of piperidine rings is 1. The fourth-order valence-electron chi connectivity index (χ4n) is 1.99. The zero-order valence-electron chi connectivity index (χ0n) is 9.35. The summed E-state index contributed by atoms with van der Waals surface area (Å²) in [4.78, 5) is 13.5. The van der Waals surface area contributed by atoms with Gasteiger partial charge in [0, 0.05) is 13.0 Å². The van der Waals surface area contributed by atoms with E-state index in [1.807, 2.05) is 0 Å². The van der Waals surface area contributed by atoms with Crippen molar-refractivity contribution in [3.8, 4) is 0 Å². The van der Waals surface area contributed by atoms with Gasteiger partial charge in [0.05, 0.1) is 18.8 Å². The number of aliphatic hydroxyl groups is 2. The molecule has 0 aromatic carbocycles. The molecule has 1 amide bonds. The molecule has 2 N–H and O–H groups in total. The summed E-state index contributed by atoms with van der Waals surface area (Å²) in [6.07, 6.45) is 3.48. The van der Waals surface area contributed by atoms with Gasteiger partial charge in [-0.15, -0.1) is 0 Å². The largest absolute Gasteiger partial charge is 0.394 e. The molecular formula is C11H21NO3. The number of hydrogen-bond donors (Lipinski definition) is 2. The van der Waals surface area contributed by atoms with Crippen molar-refractivity contribution in [2.75, 3.05) is 13.2 Å². The van der Waals surface area contributed by atoms with Gasteiger partial charge in [-0.3, -0.25) is 4.79 Å². The van der Waals surface area contributed by atoms with Crippen LogP contribution in [-0.4, -0.2) is 46.3 Å². The van der Waals surface area contributed by atoms with Gasteiger partial charge in [-0.2, -0.15) is 0 Å². The lowest BCUT2D eigenvalue weighted by molar-refractivity contribution is -0.136. The lowest BCUT2D eigenvalue weighted by Gasteiger charge is -2.34. The third-order valence-corrected chi connectivity index (χ3v) is 2.93. The molecule has 2 atom stereocenters.